The Bertz CT molecular complexity index is 444. The zero-order valence-corrected chi connectivity index (χ0v) is 9.99. The van der Waals surface area contributed by atoms with E-state index >= 15 is 0 Å². The molecular weight excluding hydrogens is 222 g/mol. The van der Waals surface area contributed by atoms with Gasteiger partial charge in [-0.3, -0.25) is 0 Å². The van der Waals surface area contributed by atoms with Crippen LogP contribution in [0, 0.1) is 0 Å². The van der Waals surface area contributed by atoms with Crippen molar-refractivity contribution in [2.45, 2.75) is 6.04 Å². The summed E-state index contributed by atoms with van der Waals surface area (Å²) in [6, 6.07) is 7.93. The molecule has 5 heteroatoms. The van der Waals surface area contributed by atoms with Crippen LogP contribution in [0.25, 0.3) is 0 Å². The quantitative estimate of drug-likeness (QED) is 0.878. The van der Waals surface area contributed by atoms with E-state index < -0.39 is 0 Å². The lowest BCUT2D eigenvalue weighted by atomic mass is 10.0. The van der Waals surface area contributed by atoms with E-state index in [1.165, 1.54) is 11.7 Å². The van der Waals surface area contributed by atoms with Crippen LogP contribution in [0.1, 0.15) is 17.3 Å². The maximum atomic E-state index is 5.34. The summed E-state index contributed by atoms with van der Waals surface area (Å²) in [7, 11) is 3.57. The third kappa shape index (κ3) is 2.05. The molecule has 1 N–H and O–H groups in total. The summed E-state index contributed by atoms with van der Waals surface area (Å²) in [5.41, 5.74) is 1.98. The molecule has 0 bridgehead atoms. The topological polar surface area (TPSA) is 47.0 Å². The van der Waals surface area contributed by atoms with Gasteiger partial charge in [-0.15, -0.1) is 0 Å². The van der Waals surface area contributed by atoms with Crippen LogP contribution in [-0.4, -0.2) is 22.9 Å². The fourth-order valence-corrected chi connectivity index (χ4v) is 2.12. The Labute approximate surface area is 98.6 Å². The van der Waals surface area contributed by atoms with Crippen LogP contribution >= 0.6 is 11.7 Å². The molecule has 0 saturated heterocycles. The van der Waals surface area contributed by atoms with Crippen LogP contribution in [0.5, 0.6) is 5.75 Å². The highest BCUT2D eigenvalue weighted by atomic mass is 32.1. The van der Waals surface area contributed by atoms with Gasteiger partial charge in [0.2, 0.25) is 0 Å². The van der Waals surface area contributed by atoms with Crippen molar-refractivity contribution < 1.29 is 4.74 Å². The highest BCUT2D eigenvalue weighted by molar-refractivity contribution is 6.99. The second-order valence-corrected chi connectivity index (χ2v) is 3.85. The van der Waals surface area contributed by atoms with E-state index in [0.29, 0.717) is 0 Å². The van der Waals surface area contributed by atoms with E-state index in [2.05, 4.69) is 14.1 Å². The van der Waals surface area contributed by atoms with Crippen molar-refractivity contribution in [3.63, 3.8) is 0 Å². The number of methoxy groups -OCH3 is 1. The molecule has 0 saturated carbocycles. The van der Waals surface area contributed by atoms with E-state index in [1.807, 2.05) is 31.3 Å². The molecule has 1 atom stereocenters. The Morgan fingerprint density at radius 3 is 2.81 bits per heavy atom. The standard InChI is InChI=1S/C11H13N3OS/c1-12-11(9-7-13-16-14-9)8-5-3-4-6-10(8)15-2/h3-7,11-12H,1-2H3. The van der Waals surface area contributed by atoms with Gasteiger partial charge in [0.15, 0.2) is 0 Å². The van der Waals surface area contributed by atoms with E-state index in [-0.39, 0.29) is 6.04 Å². The summed E-state index contributed by atoms with van der Waals surface area (Å²) in [6.07, 6.45) is 1.78. The monoisotopic (exact) mass is 235 g/mol. The number of para-hydroxylation sites is 1. The van der Waals surface area contributed by atoms with Crippen LogP contribution < -0.4 is 10.1 Å². The van der Waals surface area contributed by atoms with Crippen LogP contribution in [0.2, 0.25) is 0 Å². The van der Waals surface area contributed by atoms with Gasteiger partial charge >= 0.3 is 0 Å². The first kappa shape index (κ1) is 11.0. The fourth-order valence-electron chi connectivity index (χ4n) is 1.67. The van der Waals surface area contributed by atoms with Crippen LogP contribution in [-0.2, 0) is 0 Å². The van der Waals surface area contributed by atoms with Crippen molar-refractivity contribution in [1.29, 1.82) is 0 Å². The normalized spacial score (nSPS) is 12.4. The van der Waals surface area contributed by atoms with E-state index in [4.69, 9.17) is 4.74 Å². The summed E-state index contributed by atoms with van der Waals surface area (Å²) < 4.78 is 13.6. The predicted molar refractivity (Wildman–Crippen MR) is 63.8 cm³/mol. The third-order valence-electron chi connectivity index (χ3n) is 2.41. The third-order valence-corrected chi connectivity index (χ3v) is 2.90. The molecule has 0 amide bonds. The second-order valence-electron chi connectivity index (χ2n) is 3.30. The number of nitrogens with zero attached hydrogens (tertiary/aromatic N) is 2. The van der Waals surface area contributed by atoms with E-state index in [1.54, 1.807) is 13.3 Å². The van der Waals surface area contributed by atoms with Gasteiger partial charge in [-0.25, -0.2) is 0 Å². The molecule has 0 fully saturated rings. The largest absolute Gasteiger partial charge is 0.496 e. The summed E-state index contributed by atoms with van der Waals surface area (Å²) in [4.78, 5) is 0. The Kier molecular flexibility index (Phi) is 3.48. The first-order valence-electron chi connectivity index (χ1n) is 4.94. The number of nitrogens with one attached hydrogen (secondary N) is 1. The Morgan fingerprint density at radius 2 is 2.19 bits per heavy atom. The molecule has 1 aromatic carbocycles. The summed E-state index contributed by atoms with van der Waals surface area (Å²) >= 11 is 1.21. The minimum atomic E-state index is 0.0231. The van der Waals surface area contributed by atoms with Crippen LogP contribution in [0.3, 0.4) is 0 Å². The number of hydrogen-bond donors (Lipinski definition) is 1. The van der Waals surface area contributed by atoms with Gasteiger partial charge in [-0.2, -0.15) is 8.75 Å². The highest BCUT2D eigenvalue weighted by Gasteiger charge is 2.18. The van der Waals surface area contributed by atoms with Crippen LogP contribution in [0.15, 0.2) is 30.5 Å². The lowest BCUT2D eigenvalue weighted by Gasteiger charge is -2.16. The van der Waals surface area contributed by atoms with E-state index in [9.17, 15) is 0 Å². The molecule has 2 rings (SSSR count). The molecule has 0 aliphatic rings. The minimum Gasteiger partial charge on any atom is -0.496 e. The van der Waals surface area contributed by atoms with Gasteiger partial charge in [0, 0.05) is 5.56 Å². The molecule has 1 heterocycles. The van der Waals surface area contributed by atoms with Gasteiger partial charge in [-0.1, -0.05) is 18.2 Å². The molecule has 0 aliphatic heterocycles. The van der Waals surface area contributed by atoms with Gasteiger partial charge < -0.3 is 10.1 Å². The highest BCUT2D eigenvalue weighted by Crippen LogP contribution is 2.28. The number of ether oxygens (including phenoxy) is 1. The zero-order valence-electron chi connectivity index (χ0n) is 9.18. The van der Waals surface area contributed by atoms with Gasteiger partial charge in [0.05, 0.1) is 36.8 Å². The Morgan fingerprint density at radius 1 is 1.38 bits per heavy atom. The number of rotatable bonds is 4. The van der Waals surface area contributed by atoms with Crippen molar-refractivity contribution in [3.05, 3.63) is 41.7 Å². The summed E-state index contributed by atoms with van der Waals surface area (Å²) in [6.45, 7) is 0. The Hall–Kier alpha value is -1.46. The van der Waals surface area contributed by atoms with Crippen molar-refractivity contribution in [2.75, 3.05) is 14.2 Å². The molecule has 16 heavy (non-hydrogen) atoms. The first-order valence-corrected chi connectivity index (χ1v) is 5.67. The molecule has 0 aliphatic carbocycles. The SMILES string of the molecule is CNC(c1cnsn1)c1ccccc1OC. The minimum absolute atomic E-state index is 0.0231. The van der Waals surface area contributed by atoms with Crippen molar-refractivity contribution in [3.8, 4) is 5.75 Å². The summed E-state index contributed by atoms with van der Waals surface area (Å²) in [5.74, 6) is 0.856. The zero-order chi connectivity index (χ0) is 11.4. The van der Waals surface area contributed by atoms with Gasteiger partial charge in [0.25, 0.3) is 0 Å². The van der Waals surface area contributed by atoms with Crippen molar-refractivity contribution in [2.24, 2.45) is 0 Å². The molecule has 4 nitrogen and oxygen atoms in total. The van der Waals surface area contributed by atoms with Gasteiger partial charge in [-0.05, 0) is 13.1 Å². The second kappa shape index (κ2) is 5.05. The van der Waals surface area contributed by atoms with Gasteiger partial charge in [0.1, 0.15) is 5.75 Å². The fraction of sp³-hybridized carbons (Fsp3) is 0.273. The Balaban J connectivity index is 2.41. The molecule has 2 aromatic rings. The van der Waals surface area contributed by atoms with Crippen molar-refractivity contribution >= 4 is 11.7 Å². The lowest BCUT2D eigenvalue weighted by molar-refractivity contribution is 0.405. The molecule has 0 radical (unpaired) electrons. The molecule has 0 spiro atoms. The predicted octanol–water partition coefficient (Wildman–Crippen LogP) is 1.86. The smallest absolute Gasteiger partial charge is 0.124 e. The van der Waals surface area contributed by atoms with Crippen molar-refractivity contribution in [1.82, 2.24) is 14.1 Å². The average Bonchev–Trinajstić information content (AvgIpc) is 2.84. The summed E-state index contributed by atoms with van der Waals surface area (Å²) in [5, 5.41) is 3.22. The molecular formula is C11H13N3OS. The maximum absolute atomic E-state index is 5.34. The number of hydrogen-bond acceptors (Lipinski definition) is 5. The van der Waals surface area contributed by atoms with E-state index in [0.717, 1.165) is 17.0 Å². The average molecular weight is 235 g/mol. The maximum Gasteiger partial charge on any atom is 0.124 e. The number of aromatic nitrogens is 2. The first-order chi connectivity index (χ1) is 7.86. The molecule has 1 aromatic heterocycles. The molecule has 1 unspecified atom stereocenters. The lowest BCUT2D eigenvalue weighted by Crippen LogP contribution is -2.18. The number of benzene rings is 1. The van der Waals surface area contributed by atoms with Crippen LogP contribution in [0.4, 0.5) is 0 Å². The molecule has 84 valence electrons.